The second-order valence-electron chi connectivity index (χ2n) is 6.03. The number of aromatic hydroxyl groups is 1. The summed E-state index contributed by atoms with van der Waals surface area (Å²) in [5.41, 5.74) is 0.740. The minimum atomic E-state index is -0.605. The van der Waals surface area contributed by atoms with E-state index in [1.54, 1.807) is 12.1 Å². The lowest BCUT2D eigenvalue weighted by Crippen LogP contribution is -2.21. The van der Waals surface area contributed by atoms with Gasteiger partial charge in [-0.15, -0.1) is 0 Å². The van der Waals surface area contributed by atoms with E-state index in [0.29, 0.717) is 22.8 Å². The minimum absolute atomic E-state index is 0.0225. The number of benzene rings is 2. The maximum atomic E-state index is 12.8. The number of hydrogen-bond donors (Lipinski definition) is 1. The molecule has 0 bridgehead atoms. The largest absolute Gasteiger partial charge is 0.504 e. The number of ether oxygens (including phenoxy) is 6. The lowest BCUT2D eigenvalue weighted by molar-refractivity contribution is 0.0842. The van der Waals surface area contributed by atoms with Crippen LogP contribution in [0.15, 0.2) is 18.2 Å². The molecule has 0 aromatic heterocycles. The first kappa shape index (κ1) is 19.5. The normalized spacial score (nSPS) is 15.3. The molecule has 0 spiro atoms. The second kappa shape index (κ2) is 7.75. The molecule has 0 radical (unpaired) electrons. The summed E-state index contributed by atoms with van der Waals surface area (Å²) in [4.78, 5) is 12.8. The van der Waals surface area contributed by atoms with Crippen molar-refractivity contribution in [3.05, 3.63) is 29.3 Å². The highest BCUT2D eigenvalue weighted by Gasteiger charge is 2.34. The van der Waals surface area contributed by atoms with Crippen molar-refractivity contribution < 1.29 is 38.3 Å². The van der Waals surface area contributed by atoms with Crippen molar-refractivity contribution in [1.29, 1.82) is 0 Å². The molecule has 1 aliphatic heterocycles. The molecule has 0 amide bonds. The van der Waals surface area contributed by atoms with E-state index in [1.807, 2.05) is 0 Å². The third-order valence-electron chi connectivity index (χ3n) is 4.59. The van der Waals surface area contributed by atoms with Gasteiger partial charge in [-0.05, 0) is 12.1 Å². The first-order valence-corrected chi connectivity index (χ1v) is 8.46. The van der Waals surface area contributed by atoms with Gasteiger partial charge in [-0.25, -0.2) is 0 Å². The molecule has 0 aliphatic carbocycles. The van der Waals surface area contributed by atoms with E-state index in [2.05, 4.69) is 0 Å². The molecule has 0 saturated carbocycles. The number of fused-ring (bicyclic) bond motifs is 1. The highest BCUT2D eigenvalue weighted by molar-refractivity contribution is 6.03. The molecule has 0 fully saturated rings. The zero-order valence-electron chi connectivity index (χ0n) is 16.3. The van der Waals surface area contributed by atoms with Gasteiger partial charge in [0.25, 0.3) is 0 Å². The van der Waals surface area contributed by atoms with E-state index in [-0.39, 0.29) is 40.8 Å². The van der Waals surface area contributed by atoms with Crippen LogP contribution in [-0.2, 0) is 0 Å². The highest BCUT2D eigenvalue weighted by Crippen LogP contribution is 2.49. The van der Waals surface area contributed by atoms with Crippen molar-refractivity contribution in [1.82, 2.24) is 0 Å². The maximum Gasteiger partial charge on any atom is 0.204 e. The van der Waals surface area contributed by atoms with Gasteiger partial charge >= 0.3 is 0 Å². The SMILES string of the molecule is COc1cc([C@@H]2CC(=O)c3c(cc(OC)c(OC)c3O)O2)cc(OC)c1OC. The summed E-state index contributed by atoms with van der Waals surface area (Å²) in [6, 6.07) is 4.98. The highest BCUT2D eigenvalue weighted by atomic mass is 16.5. The number of rotatable bonds is 6. The average molecular weight is 390 g/mol. The summed E-state index contributed by atoms with van der Waals surface area (Å²) in [5, 5.41) is 10.4. The molecule has 2 aromatic carbocycles. The first-order chi connectivity index (χ1) is 13.5. The van der Waals surface area contributed by atoms with Crippen LogP contribution in [0.1, 0.15) is 28.4 Å². The second-order valence-corrected chi connectivity index (χ2v) is 6.03. The van der Waals surface area contributed by atoms with Gasteiger partial charge in [0.2, 0.25) is 11.5 Å². The number of methoxy groups -OCH3 is 5. The predicted octanol–water partition coefficient (Wildman–Crippen LogP) is 3.14. The van der Waals surface area contributed by atoms with Crippen molar-refractivity contribution in [2.45, 2.75) is 12.5 Å². The van der Waals surface area contributed by atoms with Crippen molar-refractivity contribution in [3.8, 4) is 40.2 Å². The summed E-state index contributed by atoms with van der Waals surface area (Å²) in [6.45, 7) is 0. The van der Waals surface area contributed by atoms with Gasteiger partial charge < -0.3 is 33.5 Å². The summed E-state index contributed by atoms with van der Waals surface area (Å²) in [6.07, 6.45) is -0.583. The molecule has 2 aromatic rings. The van der Waals surface area contributed by atoms with Gasteiger partial charge in [0, 0.05) is 11.6 Å². The topological polar surface area (TPSA) is 92.7 Å². The molecule has 1 aliphatic rings. The molecule has 1 N–H and O–H groups in total. The van der Waals surface area contributed by atoms with Crippen LogP contribution >= 0.6 is 0 Å². The third-order valence-corrected chi connectivity index (χ3v) is 4.59. The first-order valence-electron chi connectivity index (χ1n) is 8.46. The van der Waals surface area contributed by atoms with Crippen LogP contribution in [0.3, 0.4) is 0 Å². The van der Waals surface area contributed by atoms with E-state index in [1.165, 1.54) is 41.6 Å². The van der Waals surface area contributed by atoms with Crippen molar-refractivity contribution in [2.24, 2.45) is 0 Å². The lowest BCUT2D eigenvalue weighted by atomic mass is 9.94. The zero-order valence-corrected chi connectivity index (χ0v) is 16.3. The third kappa shape index (κ3) is 3.11. The fourth-order valence-electron chi connectivity index (χ4n) is 3.25. The van der Waals surface area contributed by atoms with Gasteiger partial charge in [0.15, 0.2) is 28.8 Å². The number of ketones is 1. The molecular formula is C20H22O8. The molecule has 0 unspecified atom stereocenters. The van der Waals surface area contributed by atoms with Crippen LogP contribution in [0.25, 0.3) is 0 Å². The van der Waals surface area contributed by atoms with Gasteiger partial charge in [-0.3, -0.25) is 4.79 Å². The number of hydrogen-bond acceptors (Lipinski definition) is 8. The van der Waals surface area contributed by atoms with Crippen LogP contribution in [0.4, 0.5) is 0 Å². The Balaban J connectivity index is 2.07. The number of carbonyl (C=O) groups excluding carboxylic acids is 1. The Morgan fingerprint density at radius 2 is 1.39 bits per heavy atom. The van der Waals surface area contributed by atoms with Gasteiger partial charge in [0.05, 0.1) is 42.0 Å². The van der Waals surface area contributed by atoms with Crippen LogP contribution < -0.4 is 28.4 Å². The maximum absolute atomic E-state index is 12.8. The van der Waals surface area contributed by atoms with Crippen LogP contribution in [-0.4, -0.2) is 46.4 Å². The fraction of sp³-hybridized carbons (Fsp3) is 0.350. The summed E-state index contributed by atoms with van der Waals surface area (Å²) >= 11 is 0. The lowest BCUT2D eigenvalue weighted by Gasteiger charge is -2.28. The smallest absolute Gasteiger partial charge is 0.204 e. The van der Waals surface area contributed by atoms with Crippen molar-refractivity contribution >= 4 is 5.78 Å². The quantitative estimate of drug-likeness (QED) is 0.804. The minimum Gasteiger partial charge on any atom is -0.504 e. The number of carbonyl (C=O) groups is 1. The Labute approximate surface area is 162 Å². The molecular weight excluding hydrogens is 368 g/mol. The van der Waals surface area contributed by atoms with Crippen LogP contribution in [0.2, 0.25) is 0 Å². The van der Waals surface area contributed by atoms with Gasteiger partial charge in [-0.1, -0.05) is 0 Å². The average Bonchev–Trinajstić information content (AvgIpc) is 2.71. The summed E-state index contributed by atoms with van der Waals surface area (Å²) in [5.74, 6) is 1.33. The Kier molecular flexibility index (Phi) is 5.39. The van der Waals surface area contributed by atoms with Gasteiger partial charge in [0.1, 0.15) is 17.4 Å². The van der Waals surface area contributed by atoms with Crippen molar-refractivity contribution in [2.75, 3.05) is 35.5 Å². The number of Topliss-reactive ketones (excluding diaryl/α,β-unsaturated/α-hetero) is 1. The zero-order chi connectivity index (χ0) is 20.4. The standard InChI is InChI=1S/C20H22O8/c1-23-14-6-10(7-15(24-2)19(14)26-4)12-8-11(21)17-13(28-12)9-16(25-3)20(27-5)18(17)22/h6-7,9,12,22H,8H2,1-5H3/t12-/m0/s1. The monoisotopic (exact) mass is 390 g/mol. The molecule has 0 saturated heterocycles. The van der Waals surface area contributed by atoms with Gasteiger partial charge in [-0.2, -0.15) is 0 Å². The van der Waals surface area contributed by atoms with E-state index >= 15 is 0 Å². The fourth-order valence-corrected chi connectivity index (χ4v) is 3.25. The van der Waals surface area contributed by atoms with E-state index in [0.717, 1.165) is 0 Å². The molecule has 8 heteroatoms. The van der Waals surface area contributed by atoms with E-state index < -0.39 is 6.10 Å². The Morgan fingerprint density at radius 3 is 1.89 bits per heavy atom. The summed E-state index contributed by atoms with van der Waals surface area (Å²) in [7, 11) is 7.36. The van der Waals surface area contributed by atoms with Crippen LogP contribution in [0.5, 0.6) is 40.2 Å². The molecule has 150 valence electrons. The molecule has 3 rings (SSSR count). The number of phenolic OH excluding ortho intramolecular Hbond substituents is 1. The molecule has 1 atom stereocenters. The van der Waals surface area contributed by atoms with E-state index in [4.69, 9.17) is 28.4 Å². The Hall–Kier alpha value is -3.29. The molecule has 8 nitrogen and oxygen atoms in total. The van der Waals surface area contributed by atoms with Crippen molar-refractivity contribution in [3.63, 3.8) is 0 Å². The Bertz CT molecular complexity index is 881. The predicted molar refractivity (Wildman–Crippen MR) is 99.6 cm³/mol. The number of phenols is 1. The molecule has 1 heterocycles. The molecule has 28 heavy (non-hydrogen) atoms. The Morgan fingerprint density at radius 1 is 0.857 bits per heavy atom. The summed E-state index contributed by atoms with van der Waals surface area (Å²) < 4.78 is 32.5. The van der Waals surface area contributed by atoms with Crippen LogP contribution in [0, 0.1) is 0 Å². The van der Waals surface area contributed by atoms with E-state index in [9.17, 15) is 9.90 Å².